The number of aryl methyl sites for hydroxylation is 1. The number of ether oxygens (including phenoxy) is 1. The Labute approximate surface area is 266 Å². The summed E-state index contributed by atoms with van der Waals surface area (Å²) in [6, 6.07) is 14.3. The van der Waals surface area contributed by atoms with Gasteiger partial charge in [0, 0.05) is 36.5 Å². The van der Waals surface area contributed by atoms with Gasteiger partial charge in [-0.3, -0.25) is 9.78 Å². The molecule has 5 aromatic rings. The molecule has 0 radical (unpaired) electrons. The number of hydrogen-bond acceptors (Lipinski definition) is 6. The molecule has 3 N–H and O–H groups in total. The molecule has 46 heavy (non-hydrogen) atoms. The number of nitrogens with zero attached hydrogens (tertiary/aromatic N) is 5. The van der Waals surface area contributed by atoms with Gasteiger partial charge in [-0.2, -0.15) is 5.10 Å². The van der Waals surface area contributed by atoms with E-state index in [4.69, 9.17) is 9.84 Å². The second-order valence-corrected chi connectivity index (χ2v) is 12.0. The van der Waals surface area contributed by atoms with Crippen molar-refractivity contribution in [3.05, 3.63) is 89.0 Å². The summed E-state index contributed by atoms with van der Waals surface area (Å²) in [7, 11) is 0. The molecule has 11 heteroatoms. The van der Waals surface area contributed by atoms with Gasteiger partial charge in [0.15, 0.2) is 12.1 Å². The molecular formula is C35H37N7O4. The molecule has 0 bridgehead atoms. The van der Waals surface area contributed by atoms with Crippen LogP contribution in [0.15, 0.2) is 61.1 Å². The predicted molar refractivity (Wildman–Crippen MR) is 173 cm³/mol. The van der Waals surface area contributed by atoms with Crippen LogP contribution in [-0.4, -0.2) is 59.9 Å². The SMILES string of the molecule is CCN(Cc1cncc(-c2ccc3c(c2)c(-c2ncc(C(=O)N[C@H]4CCc5ccccc54)[nH]2)nn3C2CCCCO2)c1C)C(=O)O. The first-order valence-corrected chi connectivity index (χ1v) is 15.9. The Kier molecular flexibility index (Phi) is 8.00. The molecule has 0 saturated carbocycles. The molecule has 3 aromatic heterocycles. The molecule has 7 rings (SSSR count). The highest BCUT2D eigenvalue weighted by Crippen LogP contribution is 2.36. The fourth-order valence-electron chi connectivity index (χ4n) is 6.66. The topological polar surface area (TPSA) is 138 Å². The van der Waals surface area contributed by atoms with E-state index in [1.54, 1.807) is 12.4 Å². The van der Waals surface area contributed by atoms with Crippen LogP contribution in [0.4, 0.5) is 4.79 Å². The highest BCUT2D eigenvalue weighted by atomic mass is 16.5. The summed E-state index contributed by atoms with van der Waals surface area (Å²) in [5.74, 6) is 0.291. The number of hydrogen-bond donors (Lipinski definition) is 3. The number of imidazole rings is 1. The van der Waals surface area contributed by atoms with Crippen LogP contribution in [0, 0.1) is 6.92 Å². The number of fused-ring (bicyclic) bond motifs is 2. The van der Waals surface area contributed by atoms with Crippen LogP contribution >= 0.6 is 0 Å². The maximum Gasteiger partial charge on any atom is 0.407 e. The monoisotopic (exact) mass is 619 g/mol. The zero-order chi connectivity index (χ0) is 31.8. The van der Waals surface area contributed by atoms with Crippen LogP contribution in [0.5, 0.6) is 0 Å². The van der Waals surface area contributed by atoms with Crippen molar-refractivity contribution in [1.29, 1.82) is 0 Å². The van der Waals surface area contributed by atoms with Crippen molar-refractivity contribution in [3.8, 4) is 22.6 Å². The molecule has 1 fully saturated rings. The molecule has 236 valence electrons. The molecule has 2 aromatic carbocycles. The fourth-order valence-corrected chi connectivity index (χ4v) is 6.66. The third-order valence-electron chi connectivity index (χ3n) is 9.26. The molecule has 2 atom stereocenters. The van der Waals surface area contributed by atoms with Crippen LogP contribution < -0.4 is 5.32 Å². The third-order valence-corrected chi connectivity index (χ3v) is 9.26. The number of aromatic amines is 1. The number of pyridine rings is 1. The van der Waals surface area contributed by atoms with Crippen molar-refractivity contribution in [3.63, 3.8) is 0 Å². The quantitative estimate of drug-likeness (QED) is 0.182. The summed E-state index contributed by atoms with van der Waals surface area (Å²) in [6.07, 6.45) is 8.69. The van der Waals surface area contributed by atoms with Crippen LogP contribution in [-0.2, 0) is 17.7 Å². The molecule has 1 aliphatic carbocycles. The van der Waals surface area contributed by atoms with Gasteiger partial charge in [0.25, 0.3) is 5.91 Å². The van der Waals surface area contributed by atoms with Crippen molar-refractivity contribution in [1.82, 2.24) is 34.9 Å². The number of amides is 2. The minimum Gasteiger partial charge on any atom is -0.465 e. The van der Waals surface area contributed by atoms with Crippen molar-refractivity contribution in [2.45, 2.75) is 64.8 Å². The van der Waals surface area contributed by atoms with Crippen LogP contribution in [0.3, 0.4) is 0 Å². The molecule has 1 aliphatic heterocycles. The van der Waals surface area contributed by atoms with Gasteiger partial charge in [-0.15, -0.1) is 0 Å². The summed E-state index contributed by atoms with van der Waals surface area (Å²) in [5.41, 5.74) is 7.98. The zero-order valence-electron chi connectivity index (χ0n) is 26.0. The van der Waals surface area contributed by atoms with Crippen molar-refractivity contribution in [2.75, 3.05) is 13.2 Å². The van der Waals surface area contributed by atoms with Crippen molar-refractivity contribution in [2.24, 2.45) is 0 Å². The molecule has 0 spiro atoms. The Bertz CT molecular complexity index is 1920. The van der Waals surface area contributed by atoms with Gasteiger partial charge in [0.05, 0.1) is 24.3 Å². The maximum absolute atomic E-state index is 13.3. The third kappa shape index (κ3) is 5.51. The van der Waals surface area contributed by atoms with E-state index in [1.807, 2.05) is 49.0 Å². The highest BCUT2D eigenvalue weighted by Gasteiger charge is 2.27. The molecule has 4 heterocycles. The summed E-state index contributed by atoms with van der Waals surface area (Å²) < 4.78 is 8.06. The number of benzene rings is 2. The van der Waals surface area contributed by atoms with Crippen molar-refractivity contribution >= 4 is 22.9 Å². The minimum absolute atomic E-state index is 0.0333. The van der Waals surface area contributed by atoms with Gasteiger partial charge in [-0.05, 0) is 85.9 Å². The number of nitrogens with one attached hydrogen (secondary N) is 2. The first kappa shape index (κ1) is 29.7. The Morgan fingerprint density at radius 2 is 2.00 bits per heavy atom. The highest BCUT2D eigenvalue weighted by molar-refractivity contribution is 5.97. The summed E-state index contributed by atoms with van der Waals surface area (Å²) in [5, 5.41) is 18.6. The zero-order valence-corrected chi connectivity index (χ0v) is 26.0. The summed E-state index contributed by atoms with van der Waals surface area (Å²) in [4.78, 5) is 38.7. The smallest absolute Gasteiger partial charge is 0.407 e. The van der Waals surface area contributed by atoms with E-state index in [9.17, 15) is 14.7 Å². The number of rotatable bonds is 8. The lowest BCUT2D eigenvalue weighted by Gasteiger charge is -2.23. The number of carbonyl (C=O) groups is 2. The Morgan fingerprint density at radius 1 is 1.13 bits per heavy atom. The van der Waals surface area contributed by atoms with E-state index in [0.29, 0.717) is 30.4 Å². The maximum atomic E-state index is 13.3. The molecular weight excluding hydrogens is 582 g/mol. The van der Waals surface area contributed by atoms with Gasteiger partial charge in [-0.25, -0.2) is 14.5 Å². The molecule has 1 unspecified atom stereocenters. The minimum atomic E-state index is -0.963. The van der Waals surface area contributed by atoms with Crippen molar-refractivity contribution < 1.29 is 19.4 Å². The lowest BCUT2D eigenvalue weighted by Crippen LogP contribution is -2.28. The number of H-pyrrole nitrogens is 1. The Morgan fingerprint density at radius 3 is 2.80 bits per heavy atom. The van der Waals surface area contributed by atoms with Gasteiger partial charge >= 0.3 is 6.09 Å². The normalized spacial score (nSPS) is 17.6. The van der Waals surface area contributed by atoms with E-state index >= 15 is 0 Å². The predicted octanol–water partition coefficient (Wildman–Crippen LogP) is 6.41. The number of carbonyl (C=O) groups excluding carboxylic acids is 1. The van der Waals surface area contributed by atoms with E-state index in [0.717, 1.165) is 65.3 Å². The largest absolute Gasteiger partial charge is 0.465 e. The summed E-state index contributed by atoms with van der Waals surface area (Å²) >= 11 is 0. The van der Waals surface area contributed by atoms with Gasteiger partial charge in [0.1, 0.15) is 11.4 Å². The van der Waals surface area contributed by atoms with Crippen LogP contribution in [0.25, 0.3) is 33.5 Å². The lowest BCUT2D eigenvalue weighted by molar-refractivity contribution is -0.0365. The van der Waals surface area contributed by atoms with Crippen LogP contribution in [0.2, 0.25) is 0 Å². The van der Waals surface area contributed by atoms with Gasteiger partial charge in [-0.1, -0.05) is 30.3 Å². The van der Waals surface area contributed by atoms with E-state index in [-0.39, 0.29) is 24.7 Å². The molecule has 11 nitrogen and oxygen atoms in total. The van der Waals surface area contributed by atoms with E-state index in [1.165, 1.54) is 16.0 Å². The molecule has 2 aliphatic rings. The molecule has 2 amide bonds. The summed E-state index contributed by atoms with van der Waals surface area (Å²) in [6.45, 7) is 5.13. The average Bonchev–Trinajstić information content (AvgIpc) is 3.82. The van der Waals surface area contributed by atoms with Gasteiger partial charge in [0.2, 0.25) is 0 Å². The number of carboxylic acid groups (broad SMARTS) is 1. The standard InChI is InChI=1S/C35H37N7O4/c1-3-41(35(44)45)20-24-17-36-18-27(21(24)2)23-12-14-30-26(16-23)32(40-42(30)31-10-6-7-15-46-31)33-37-19-29(38-33)34(43)39-28-13-11-22-8-4-5-9-25(22)28/h4-5,8-9,12,14,16-19,28,31H,3,6-7,10-11,13,15,20H2,1-2H3,(H,37,38)(H,39,43)(H,44,45)/t28-,31?/m0/s1. The van der Waals surface area contributed by atoms with Crippen LogP contribution in [0.1, 0.15) is 77.6 Å². The second kappa shape index (κ2) is 12.4. The fraction of sp³-hybridized carbons (Fsp3) is 0.343. The number of aromatic nitrogens is 5. The first-order chi connectivity index (χ1) is 22.4. The second-order valence-electron chi connectivity index (χ2n) is 12.0. The van der Waals surface area contributed by atoms with E-state index in [2.05, 4.69) is 38.5 Å². The molecule has 1 saturated heterocycles. The first-order valence-electron chi connectivity index (χ1n) is 15.9. The van der Waals surface area contributed by atoms with E-state index < -0.39 is 6.09 Å². The Balaban J connectivity index is 1.24. The van der Waals surface area contributed by atoms with Gasteiger partial charge < -0.3 is 25.0 Å². The average molecular weight is 620 g/mol. The lowest BCUT2D eigenvalue weighted by atomic mass is 9.97. The Hall–Kier alpha value is -5.03.